The second-order valence-corrected chi connectivity index (χ2v) is 5.89. The fourth-order valence-electron chi connectivity index (χ4n) is 2.73. The second kappa shape index (κ2) is 5.89. The third kappa shape index (κ3) is 2.71. The Balaban J connectivity index is 1.68. The summed E-state index contributed by atoms with van der Waals surface area (Å²) in [6.07, 6.45) is 0. The third-order valence-electron chi connectivity index (χ3n) is 4.11. The average molecular weight is 344 g/mol. The number of nitrogens with zero attached hydrogens (tertiary/aromatic N) is 1. The van der Waals surface area contributed by atoms with Gasteiger partial charge in [-0.3, -0.25) is 10.8 Å². The number of nitrogen functional groups attached to an aromatic ring is 2. The van der Waals surface area contributed by atoms with Crippen LogP contribution >= 0.6 is 0 Å². The Morgan fingerprint density at radius 2 is 1.50 bits per heavy atom. The lowest BCUT2D eigenvalue weighted by Gasteiger charge is -2.00. The van der Waals surface area contributed by atoms with Crippen molar-refractivity contribution >= 4 is 22.7 Å². The molecule has 0 saturated heterocycles. The lowest BCUT2D eigenvalue weighted by Crippen LogP contribution is -2.10. The molecule has 4 rings (SSSR count). The minimum absolute atomic E-state index is 0.0114. The molecule has 0 bridgehead atoms. The van der Waals surface area contributed by atoms with Crippen molar-refractivity contribution < 1.29 is 4.42 Å². The topological polar surface area (TPSA) is 142 Å². The molecule has 7 N–H and O–H groups in total. The maximum absolute atomic E-state index is 7.53. The first-order chi connectivity index (χ1) is 12.5. The quantitative estimate of drug-likeness (QED) is 0.286. The number of hydrogen-bond donors (Lipinski definition) is 5. The van der Waals surface area contributed by atoms with Crippen LogP contribution in [-0.2, 0) is 0 Å². The maximum Gasteiger partial charge on any atom is 0.174 e. The van der Waals surface area contributed by atoms with Crippen LogP contribution in [0.3, 0.4) is 0 Å². The van der Waals surface area contributed by atoms with Gasteiger partial charge in [0.1, 0.15) is 17.4 Å². The van der Waals surface area contributed by atoms with Gasteiger partial charge < -0.3 is 20.9 Å². The van der Waals surface area contributed by atoms with Crippen LogP contribution in [0.1, 0.15) is 11.1 Å². The number of imidazole rings is 1. The summed E-state index contributed by atoms with van der Waals surface area (Å²) in [4.78, 5) is 7.72. The summed E-state index contributed by atoms with van der Waals surface area (Å²) >= 11 is 0. The van der Waals surface area contributed by atoms with Gasteiger partial charge in [0.25, 0.3) is 0 Å². The Labute approximate surface area is 148 Å². The van der Waals surface area contributed by atoms with Crippen LogP contribution in [0.5, 0.6) is 0 Å². The average Bonchev–Trinajstić information content (AvgIpc) is 3.27. The van der Waals surface area contributed by atoms with Crippen molar-refractivity contribution in [2.75, 3.05) is 0 Å². The van der Waals surface area contributed by atoms with Crippen LogP contribution in [0.25, 0.3) is 33.9 Å². The number of amidine groups is 2. The van der Waals surface area contributed by atoms with Crippen LogP contribution in [0.15, 0.2) is 59.0 Å². The van der Waals surface area contributed by atoms with Crippen molar-refractivity contribution in [2.24, 2.45) is 11.5 Å². The lowest BCUT2D eigenvalue weighted by atomic mass is 10.1. The SMILES string of the molecule is N=C(N)c1ccc(-c2ccc(-c3nc4ccc(C(=N)N)cc4[nH]3)o2)cc1. The fourth-order valence-corrected chi connectivity index (χ4v) is 2.73. The van der Waals surface area contributed by atoms with Crippen molar-refractivity contribution in [3.05, 3.63) is 65.7 Å². The Hall–Kier alpha value is -3.87. The fraction of sp³-hybridized carbons (Fsp3) is 0. The van der Waals surface area contributed by atoms with Crippen LogP contribution in [0.2, 0.25) is 0 Å². The Morgan fingerprint density at radius 1 is 0.846 bits per heavy atom. The molecule has 0 aliphatic rings. The molecule has 7 heteroatoms. The predicted octanol–water partition coefficient (Wildman–Crippen LogP) is 3.06. The monoisotopic (exact) mass is 344 g/mol. The first-order valence-corrected chi connectivity index (χ1v) is 7.90. The van der Waals surface area contributed by atoms with E-state index in [1.165, 1.54) is 0 Å². The molecule has 0 amide bonds. The van der Waals surface area contributed by atoms with E-state index in [9.17, 15) is 0 Å². The summed E-state index contributed by atoms with van der Waals surface area (Å²) in [6.45, 7) is 0. The van der Waals surface area contributed by atoms with E-state index in [-0.39, 0.29) is 11.7 Å². The predicted molar refractivity (Wildman–Crippen MR) is 101 cm³/mol. The lowest BCUT2D eigenvalue weighted by molar-refractivity contribution is 0.593. The molecule has 7 nitrogen and oxygen atoms in total. The molecule has 2 heterocycles. The number of fused-ring (bicyclic) bond motifs is 1. The number of nitrogens with one attached hydrogen (secondary N) is 3. The molecule has 0 aliphatic heterocycles. The zero-order valence-electron chi connectivity index (χ0n) is 13.7. The van der Waals surface area contributed by atoms with Gasteiger partial charge in [-0.2, -0.15) is 0 Å². The Morgan fingerprint density at radius 3 is 2.19 bits per heavy atom. The van der Waals surface area contributed by atoms with E-state index in [2.05, 4.69) is 9.97 Å². The number of furan rings is 1. The first kappa shape index (κ1) is 15.6. The smallest absolute Gasteiger partial charge is 0.174 e. The molecule has 26 heavy (non-hydrogen) atoms. The summed E-state index contributed by atoms with van der Waals surface area (Å²) in [5.41, 5.74) is 14.8. The molecule has 0 saturated carbocycles. The standard InChI is InChI=1S/C19H16N6O/c20-17(21)11-3-1-10(2-4-11)15-7-8-16(26-15)19-24-13-6-5-12(18(22)23)9-14(13)25-19/h1-9H,(H3,20,21)(H3,22,23)(H,24,25). The number of H-pyrrole nitrogens is 1. The van der Waals surface area contributed by atoms with Gasteiger partial charge in [0.05, 0.1) is 11.0 Å². The summed E-state index contributed by atoms with van der Waals surface area (Å²) in [5.74, 6) is 1.95. The van der Waals surface area contributed by atoms with Gasteiger partial charge in [-0.1, -0.05) is 24.3 Å². The third-order valence-corrected chi connectivity index (χ3v) is 4.11. The molecular weight excluding hydrogens is 328 g/mol. The van der Waals surface area contributed by atoms with Gasteiger partial charge in [0.2, 0.25) is 0 Å². The van der Waals surface area contributed by atoms with Crippen LogP contribution < -0.4 is 11.5 Å². The largest absolute Gasteiger partial charge is 0.453 e. The van der Waals surface area contributed by atoms with Gasteiger partial charge in [0.15, 0.2) is 11.6 Å². The van der Waals surface area contributed by atoms with Gasteiger partial charge in [-0.25, -0.2) is 4.98 Å². The zero-order valence-corrected chi connectivity index (χ0v) is 13.7. The Kier molecular flexibility index (Phi) is 3.54. The van der Waals surface area contributed by atoms with Crippen LogP contribution in [0.4, 0.5) is 0 Å². The van der Waals surface area contributed by atoms with Gasteiger partial charge >= 0.3 is 0 Å². The van der Waals surface area contributed by atoms with E-state index in [1.54, 1.807) is 24.3 Å². The number of hydrogen-bond acceptors (Lipinski definition) is 4. The van der Waals surface area contributed by atoms with E-state index in [0.717, 1.165) is 16.6 Å². The van der Waals surface area contributed by atoms with E-state index in [0.29, 0.717) is 28.5 Å². The molecule has 2 aromatic carbocycles. The van der Waals surface area contributed by atoms with Crippen LogP contribution in [-0.4, -0.2) is 21.6 Å². The minimum atomic E-state index is 0.0114. The van der Waals surface area contributed by atoms with Crippen molar-refractivity contribution in [3.63, 3.8) is 0 Å². The van der Waals surface area contributed by atoms with Gasteiger partial charge in [0, 0.05) is 16.7 Å². The number of rotatable bonds is 4. The molecule has 0 spiro atoms. The normalized spacial score (nSPS) is 10.9. The van der Waals surface area contributed by atoms with Gasteiger partial charge in [-0.15, -0.1) is 0 Å². The summed E-state index contributed by atoms with van der Waals surface area (Å²) in [5, 5.41) is 15.0. The molecule has 4 aromatic rings. The second-order valence-electron chi connectivity index (χ2n) is 5.89. The Bertz CT molecular complexity index is 1140. The van der Waals surface area contributed by atoms with Crippen molar-refractivity contribution in [2.45, 2.75) is 0 Å². The van der Waals surface area contributed by atoms with Crippen molar-refractivity contribution in [3.8, 4) is 22.9 Å². The highest BCUT2D eigenvalue weighted by atomic mass is 16.3. The number of aromatic nitrogens is 2. The maximum atomic E-state index is 7.53. The number of nitrogens with two attached hydrogens (primary N) is 2. The van der Waals surface area contributed by atoms with E-state index in [1.807, 2.05) is 30.3 Å². The summed E-state index contributed by atoms with van der Waals surface area (Å²) < 4.78 is 5.92. The summed E-state index contributed by atoms with van der Waals surface area (Å²) in [7, 11) is 0. The molecule has 0 radical (unpaired) electrons. The molecule has 2 aromatic heterocycles. The van der Waals surface area contributed by atoms with Crippen molar-refractivity contribution in [1.29, 1.82) is 10.8 Å². The minimum Gasteiger partial charge on any atom is -0.453 e. The first-order valence-electron chi connectivity index (χ1n) is 7.90. The highest BCUT2D eigenvalue weighted by Crippen LogP contribution is 2.28. The van der Waals surface area contributed by atoms with E-state index in [4.69, 9.17) is 26.7 Å². The number of aromatic amines is 1. The molecule has 0 unspecified atom stereocenters. The number of benzene rings is 2. The van der Waals surface area contributed by atoms with E-state index >= 15 is 0 Å². The summed E-state index contributed by atoms with van der Waals surface area (Å²) in [6, 6.07) is 16.4. The molecule has 0 aliphatic carbocycles. The molecule has 0 fully saturated rings. The van der Waals surface area contributed by atoms with Crippen LogP contribution in [0, 0.1) is 10.8 Å². The zero-order chi connectivity index (χ0) is 18.3. The molecular formula is C19H16N6O. The molecule has 0 atom stereocenters. The molecule has 128 valence electrons. The highest BCUT2D eigenvalue weighted by molar-refractivity contribution is 5.98. The van der Waals surface area contributed by atoms with Gasteiger partial charge in [-0.05, 0) is 30.3 Å². The highest BCUT2D eigenvalue weighted by Gasteiger charge is 2.12. The van der Waals surface area contributed by atoms with Crippen molar-refractivity contribution in [1.82, 2.24) is 9.97 Å². The van der Waals surface area contributed by atoms with E-state index < -0.39 is 0 Å².